The Morgan fingerprint density at radius 2 is 1.92 bits per heavy atom. The average Bonchev–Trinajstić information content (AvgIpc) is 3.07. The Bertz CT molecular complexity index is 1080. The number of nitrogens with zero attached hydrogens (tertiary/aromatic N) is 3. The number of halogens is 4. The van der Waals surface area contributed by atoms with Crippen LogP contribution in [0.3, 0.4) is 0 Å². The number of hydrogen-bond donors (Lipinski definition) is 1. The van der Waals surface area contributed by atoms with Crippen LogP contribution in [0.5, 0.6) is 0 Å². The number of nitrogens with one attached hydrogen (secondary N) is 1. The van der Waals surface area contributed by atoms with E-state index in [1.165, 1.54) is 6.07 Å². The van der Waals surface area contributed by atoms with E-state index in [0.717, 1.165) is 23.0 Å². The highest BCUT2D eigenvalue weighted by Crippen LogP contribution is 2.33. The van der Waals surface area contributed by atoms with Crippen LogP contribution < -0.4 is 0 Å². The van der Waals surface area contributed by atoms with Gasteiger partial charge >= 0.3 is 6.18 Å². The first-order valence-corrected chi connectivity index (χ1v) is 7.40. The van der Waals surface area contributed by atoms with Gasteiger partial charge in [0.2, 0.25) is 0 Å². The SMILES string of the molecule is Cn1c(-c2n[nH]c3cc(Cl)ccc23)nc2cc(C(F)(F)F)ccc21. The molecule has 2 heterocycles. The van der Waals surface area contributed by atoms with Gasteiger partial charge in [-0.25, -0.2) is 4.98 Å². The van der Waals surface area contributed by atoms with Crippen LogP contribution in [0.2, 0.25) is 5.02 Å². The summed E-state index contributed by atoms with van der Waals surface area (Å²) in [7, 11) is 1.74. The van der Waals surface area contributed by atoms with Gasteiger partial charge in [-0.2, -0.15) is 18.3 Å². The van der Waals surface area contributed by atoms with Crippen molar-refractivity contribution < 1.29 is 13.2 Å². The molecular formula is C16H10ClF3N4. The third kappa shape index (κ3) is 2.24. The number of fused-ring (bicyclic) bond motifs is 2. The molecule has 8 heteroatoms. The Hall–Kier alpha value is -2.54. The number of rotatable bonds is 1. The predicted octanol–water partition coefficient (Wildman–Crippen LogP) is 4.79. The van der Waals surface area contributed by atoms with Crippen LogP contribution >= 0.6 is 11.6 Å². The van der Waals surface area contributed by atoms with E-state index in [9.17, 15) is 13.2 Å². The van der Waals surface area contributed by atoms with E-state index in [1.807, 2.05) is 0 Å². The Kier molecular flexibility index (Phi) is 3.11. The van der Waals surface area contributed by atoms with Gasteiger partial charge < -0.3 is 4.57 Å². The fourth-order valence-electron chi connectivity index (χ4n) is 2.75. The standard InChI is InChI=1S/C16H10ClF3N4/c1-24-13-5-2-8(16(18,19)20)6-12(13)21-15(24)14-10-4-3-9(17)7-11(10)22-23-14/h2-7H,1H3,(H,22,23). The van der Waals surface area contributed by atoms with E-state index >= 15 is 0 Å². The minimum Gasteiger partial charge on any atom is -0.326 e. The van der Waals surface area contributed by atoms with Crippen LogP contribution in [-0.2, 0) is 13.2 Å². The number of H-pyrrole nitrogens is 1. The first-order chi connectivity index (χ1) is 11.3. The van der Waals surface area contributed by atoms with Gasteiger partial charge in [-0.15, -0.1) is 0 Å². The van der Waals surface area contributed by atoms with Crippen molar-refractivity contribution >= 4 is 33.5 Å². The molecule has 0 atom stereocenters. The molecule has 0 aliphatic carbocycles. The maximum absolute atomic E-state index is 12.9. The number of hydrogen-bond acceptors (Lipinski definition) is 2. The molecule has 0 fully saturated rings. The fraction of sp³-hybridized carbons (Fsp3) is 0.125. The number of imidazole rings is 1. The molecule has 0 bridgehead atoms. The van der Waals surface area contributed by atoms with Crippen molar-refractivity contribution in [2.45, 2.75) is 6.18 Å². The zero-order valence-corrected chi connectivity index (χ0v) is 13.1. The van der Waals surface area contributed by atoms with Gasteiger partial charge in [-0.05, 0) is 36.4 Å². The number of aryl methyl sites for hydroxylation is 1. The molecule has 0 amide bonds. The third-order valence-corrected chi connectivity index (χ3v) is 4.18. The normalized spacial score (nSPS) is 12.4. The molecule has 2 aromatic carbocycles. The first-order valence-electron chi connectivity index (χ1n) is 7.02. The molecule has 4 nitrogen and oxygen atoms in total. The Morgan fingerprint density at radius 3 is 2.67 bits per heavy atom. The summed E-state index contributed by atoms with van der Waals surface area (Å²) < 4.78 is 40.4. The topological polar surface area (TPSA) is 46.5 Å². The summed E-state index contributed by atoms with van der Waals surface area (Å²) in [6, 6.07) is 8.78. The summed E-state index contributed by atoms with van der Waals surface area (Å²) in [6.45, 7) is 0. The van der Waals surface area contributed by atoms with Crippen molar-refractivity contribution in [2.24, 2.45) is 7.05 Å². The fourth-order valence-corrected chi connectivity index (χ4v) is 2.92. The van der Waals surface area contributed by atoms with Crippen molar-refractivity contribution in [3.63, 3.8) is 0 Å². The van der Waals surface area contributed by atoms with Gasteiger partial charge in [0.25, 0.3) is 0 Å². The predicted molar refractivity (Wildman–Crippen MR) is 85.8 cm³/mol. The van der Waals surface area contributed by atoms with Crippen LogP contribution in [-0.4, -0.2) is 19.7 Å². The summed E-state index contributed by atoms with van der Waals surface area (Å²) in [5.41, 5.74) is 1.45. The summed E-state index contributed by atoms with van der Waals surface area (Å²) in [5, 5.41) is 8.48. The lowest BCUT2D eigenvalue weighted by molar-refractivity contribution is -0.137. The first kappa shape index (κ1) is 15.0. The van der Waals surface area contributed by atoms with E-state index in [1.54, 1.807) is 29.8 Å². The second-order valence-electron chi connectivity index (χ2n) is 5.46. The maximum atomic E-state index is 12.9. The number of aromatic nitrogens is 4. The molecule has 0 saturated carbocycles. The molecule has 0 radical (unpaired) electrons. The molecule has 2 aromatic heterocycles. The monoisotopic (exact) mass is 350 g/mol. The lowest BCUT2D eigenvalue weighted by Crippen LogP contribution is -2.04. The van der Waals surface area contributed by atoms with E-state index in [2.05, 4.69) is 15.2 Å². The van der Waals surface area contributed by atoms with Crippen LogP contribution in [0.4, 0.5) is 13.2 Å². The van der Waals surface area contributed by atoms with Crippen molar-refractivity contribution in [1.82, 2.24) is 19.7 Å². The largest absolute Gasteiger partial charge is 0.416 e. The Balaban J connectivity index is 1.94. The summed E-state index contributed by atoms with van der Waals surface area (Å²) >= 11 is 5.95. The summed E-state index contributed by atoms with van der Waals surface area (Å²) in [6.07, 6.45) is -4.40. The third-order valence-electron chi connectivity index (χ3n) is 3.94. The van der Waals surface area contributed by atoms with Gasteiger partial charge in [-0.1, -0.05) is 11.6 Å². The van der Waals surface area contributed by atoms with Gasteiger partial charge in [0, 0.05) is 17.5 Å². The van der Waals surface area contributed by atoms with E-state index in [-0.39, 0.29) is 5.52 Å². The van der Waals surface area contributed by atoms with Crippen molar-refractivity contribution in [2.75, 3.05) is 0 Å². The van der Waals surface area contributed by atoms with Crippen molar-refractivity contribution in [3.8, 4) is 11.5 Å². The minimum absolute atomic E-state index is 0.271. The Labute approximate surface area is 138 Å². The van der Waals surface area contributed by atoms with Crippen molar-refractivity contribution in [1.29, 1.82) is 0 Å². The van der Waals surface area contributed by atoms with E-state index in [0.29, 0.717) is 22.1 Å². The van der Waals surface area contributed by atoms with Crippen LogP contribution in [0.25, 0.3) is 33.5 Å². The second-order valence-corrected chi connectivity index (χ2v) is 5.89. The summed E-state index contributed by atoms with van der Waals surface area (Å²) in [5.74, 6) is 0.484. The molecule has 0 saturated heterocycles. The number of benzene rings is 2. The Morgan fingerprint density at radius 1 is 1.12 bits per heavy atom. The van der Waals surface area contributed by atoms with E-state index < -0.39 is 11.7 Å². The maximum Gasteiger partial charge on any atom is 0.416 e. The molecule has 1 N–H and O–H groups in total. The molecule has 4 aromatic rings. The lowest BCUT2D eigenvalue weighted by atomic mass is 10.2. The van der Waals surface area contributed by atoms with Gasteiger partial charge in [0.1, 0.15) is 5.69 Å². The van der Waals surface area contributed by atoms with Gasteiger partial charge in [0.15, 0.2) is 5.82 Å². The molecule has 0 unspecified atom stereocenters. The molecule has 0 aliphatic heterocycles. The smallest absolute Gasteiger partial charge is 0.326 e. The molecular weight excluding hydrogens is 341 g/mol. The number of alkyl halides is 3. The minimum atomic E-state index is -4.40. The van der Waals surface area contributed by atoms with Crippen molar-refractivity contribution in [3.05, 3.63) is 47.0 Å². The van der Waals surface area contributed by atoms with Crippen LogP contribution in [0.15, 0.2) is 36.4 Å². The zero-order chi connectivity index (χ0) is 17.1. The van der Waals surface area contributed by atoms with E-state index in [4.69, 9.17) is 11.6 Å². The highest BCUT2D eigenvalue weighted by molar-refractivity contribution is 6.31. The molecule has 4 rings (SSSR count). The molecule has 122 valence electrons. The lowest BCUT2D eigenvalue weighted by Gasteiger charge is -2.05. The average molecular weight is 351 g/mol. The zero-order valence-electron chi connectivity index (χ0n) is 12.3. The van der Waals surface area contributed by atoms with Gasteiger partial charge in [-0.3, -0.25) is 5.10 Å². The molecule has 0 aliphatic rings. The highest BCUT2D eigenvalue weighted by Gasteiger charge is 2.31. The highest BCUT2D eigenvalue weighted by atomic mass is 35.5. The summed E-state index contributed by atoms with van der Waals surface area (Å²) in [4.78, 5) is 4.35. The van der Waals surface area contributed by atoms with Crippen LogP contribution in [0, 0.1) is 0 Å². The molecule has 0 spiro atoms. The second kappa shape index (κ2) is 4.98. The molecule has 24 heavy (non-hydrogen) atoms. The van der Waals surface area contributed by atoms with Gasteiger partial charge in [0.05, 0.1) is 22.1 Å². The quantitative estimate of drug-likeness (QED) is 0.536. The number of aromatic amines is 1. The van der Waals surface area contributed by atoms with Crippen LogP contribution in [0.1, 0.15) is 5.56 Å².